The van der Waals surface area contributed by atoms with E-state index in [1.807, 2.05) is 0 Å². The summed E-state index contributed by atoms with van der Waals surface area (Å²) in [6.45, 7) is 1.70. The third-order valence-electron chi connectivity index (χ3n) is 4.39. The Kier molecular flexibility index (Phi) is 5.91. The van der Waals surface area contributed by atoms with Gasteiger partial charge in [0.15, 0.2) is 0 Å². The van der Waals surface area contributed by atoms with Crippen molar-refractivity contribution in [2.75, 3.05) is 16.7 Å². The molecule has 0 bridgehead atoms. The standard InChI is InChI=1S/C21H18ClFN2O3S/c1-14-13-15(21(26)24-19-6-4-3-5-18(19)23)7-12-20(14)25(2)29(27,28)17-10-8-16(22)9-11-17/h3-13H,1-2H3,(H,24,26). The van der Waals surface area contributed by atoms with E-state index in [4.69, 9.17) is 11.6 Å². The van der Waals surface area contributed by atoms with Gasteiger partial charge in [-0.1, -0.05) is 23.7 Å². The Hall–Kier alpha value is -2.90. The zero-order chi connectivity index (χ0) is 21.2. The summed E-state index contributed by atoms with van der Waals surface area (Å²) >= 11 is 5.83. The van der Waals surface area contributed by atoms with Gasteiger partial charge in [-0.25, -0.2) is 12.8 Å². The molecule has 0 fully saturated rings. The lowest BCUT2D eigenvalue weighted by Gasteiger charge is -2.22. The number of nitrogens with zero attached hydrogens (tertiary/aromatic N) is 1. The summed E-state index contributed by atoms with van der Waals surface area (Å²) in [5.41, 5.74) is 1.35. The van der Waals surface area contributed by atoms with Gasteiger partial charge in [0.1, 0.15) is 5.82 Å². The predicted molar refractivity (Wildman–Crippen MR) is 113 cm³/mol. The van der Waals surface area contributed by atoms with Crippen LogP contribution in [-0.4, -0.2) is 21.4 Å². The molecule has 150 valence electrons. The molecule has 0 aliphatic rings. The molecular formula is C21H18ClFN2O3S. The molecule has 1 N–H and O–H groups in total. The van der Waals surface area contributed by atoms with E-state index >= 15 is 0 Å². The lowest BCUT2D eigenvalue weighted by Crippen LogP contribution is -2.27. The van der Waals surface area contributed by atoms with E-state index in [0.29, 0.717) is 16.3 Å². The third-order valence-corrected chi connectivity index (χ3v) is 6.43. The molecule has 3 aromatic carbocycles. The van der Waals surface area contributed by atoms with Crippen LogP contribution in [0.25, 0.3) is 0 Å². The van der Waals surface area contributed by atoms with Crippen molar-refractivity contribution in [3.05, 3.63) is 88.7 Å². The molecular weight excluding hydrogens is 415 g/mol. The number of carbonyl (C=O) groups is 1. The number of para-hydroxylation sites is 1. The normalized spacial score (nSPS) is 11.2. The maximum atomic E-state index is 13.7. The van der Waals surface area contributed by atoms with E-state index in [1.54, 1.807) is 25.1 Å². The first kappa shape index (κ1) is 20.8. The molecule has 0 atom stereocenters. The zero-order valence-corrected chi connectivity index (χ0v) is 17.3. The van der Waals surface area contributed by atoms with Gasteiger partial charge in [0.2, 0.25) is 0 Å². The summed E-state index contributed by atoms with van der Waals surface area (Å²) < 4.78 is 40.6. The molecule has 0 saturated heterocycles. The number of nitrogens with one attached hydrogen (secondary N) is 1. The van der Waals surface area contributed by atoms with E-state index in [9.17, 15) is 17.6 Å². The first-order valence-electron chi connectivity index (χ1n) is 8.61. The number of carbonyl (C=O) groups excluding carboxylic acids is 1. The van der Waals surface area contributed by atoms with Gasteiger partial charge in [-0.3, -0.25) is 9.10 Å². The highest BCUT2D eigenvalue weighted by Gasteiger charge is 2.23. The number of hydrogen-bond donors (Lipinski definition) is 1. The highest BCUT2D eigenvalue weighted by Crippen LogP contribution is 2.27. The van der Waals surface area contributed by atoms with Gasteiger partial charge < -0.3 is 5.32 Å². The summed E-state index contributed by atoms with van der Waals surface area (Å²) in [7, 11) is -2.36. The highest BCUT2D eigenvalue weighted by atomic mass is 35.5. The van der Waals surface area contributed by atoms with Crippen molar-refractivity contribution in [3.63, 3.8) is 0 Å². The molecule has 0 radical (unpaired) electrons. The predicted octanol–water partition coefficient (Wildman–Crippen LogP) is 4.86. The minimum absolute atomic E-state index is 0.0710. The van der Waals surface area contributed by atoms with Crippen molar-refractivity contribution in [2.45, 2.75) is 11.8 Å². The average molecular weight is 433 g/mol. The van der Waals surface area contributed by atoms with Crippen LogP contribution in [0.15, 0.2) is 71.6 Å². The SMILES string of the molecule is Cc1cc(C(=O)Nc2ccccc2F)ccc1N(C)S(=O)(=O)c1ccc(Cl)cc1. The quantitative estimate of drug-likeness (QED) is 0.625. The van der Waals surface area contributed by atoms with Gasteiger partial charge in [-0.2, -0.15) is 0 Å². The van der Waals surface area contributed by atoms with Crippen molar-refractivity contribution in [1.82, 2.24) is 0 Å². The molecule has 0 heterocycles. The van der Waals surface area contributed by atoms with Crippen LogP contribution < -0.4 is 9.62 Å². The summed E-state index contributed by atoms with van der Waals surface area (Å²) in [6, 6.07) is 16.3. The summed E-state index contributed by atoms with van der Waals surface area (Å²) in [4.78, 5) is 12.5. The molecule has 0 aromatic heterocycles. The van der Waals surface area contributed by atoms with Crippen LogP contribution in [0.1, 0.15) is 15.9 Å². The lowest BCUT2D eigenvalue weighted by atomic mass is 10.1. The number of rotatable bonds is 5. The van der Waals surface area contributed by atoms with Gasteiger partial charge in [-0.15, -0.1) is 0 Å². The highest BCUT2D eigenvalue weighted by molar-refractivity contribution is 7.92. The van der Waals surface area contributed by atoms with E-state index in [0.717, 1.165) is 4.31 Å². The van der Waals surface area contributed by atoms with Crippen molar-refractivity contribution < 1.29 is 17.6 Å². The first-order valence-corrected chi connectivity index (χ1v) is 10.4. The second-order valence-electron chi connectivity index (χ2n) is 6.36. The summed E-state index contributed by atoms with van der Waals surface area (Å²) in [5, 5.41) is 2.94. The second-order valence-corrected chi connectivity index (χ2v) is 8.77. The number of anilines is 2. The monoisotopic (exact) mass is 432 g/mol. The number of benzene rings is 3. The Morgan fingerprint density at radius 2 is 1.69 bits per heavy atom. The fourth-order valence-electron chi connectivity index (χ4n) is 2.80. The van der Waals surface area contributed by atoms with Crippen LogP contribution in [0.4, 0.5) is 15.8 Å². The molecule has 0 aliphatic carbocycles. The van der Waals surface area contributed by atoms with Crippen LogP contribution in [0.5, 0.6) is 0 Å². The van der Waals surface area contributed by atoms with Crippen molar-refractivity contribution in [3.8, 4) is 0 Å². The van der Waals surface area contributed by atoms with Gasteiger partial charge >= 0.3 is 0 Å². The molecule has 3 aromatic rings. The molecule has 29 heavy (non-hydrogen) atoms. The van der Waals surface area contributed by atoms with Crippen molar-refractivity contribution in [2.24, 2.45) is 0 Å². The molecule has 8 heteroatoms. The third kappa shape index (κ3) is 4.41. The van der Waals surface area contributed by atoms with Crippen LogP contribution in [0, 0.1) is 12.7 Å². The maximum absolute atomic E-state index is 13.7. The minimum atomic E-state index is -3.79. The molecule has 3 rings (SSSR count). The number of hydrogen-bond acceptors (Lipinski definition) is 3. The smallest absolute Gasteiger partial charge is 0.264 e. The Balaban J connectivity index is 1.86. The Labute approximate surface area is 173 Å². The van der Waals surface area contributed by atoms with Crippen LogP contribution in [0.2, 0.25) is 5.02 Å². The van der Waals surface area contributed by atoms with Gasteiger partial charge in [0.05, 0.1) is 16.3 Å². The number of halogens is 2. The molecule has 1 amide bonds. The molecule has 5 nitrogen and oxygen atoms in total. The van der Waals surface area contributed by atoms with Crippen molar-refractivity contribution in [1.29, 1.82) is 0 Å². The average Bonchev–Trinajstić information content (AvgIpc) is 2.69. The van der Waals surface area contributed by atoms with Crippen LogP contribution in [0.3, 0.4) is 0 Å². The number of sulfonamides is 1. The second kappa shape index (κ2) is 8.23. The van der Waals surface area contributed by atoms with Gasteiger partial charge in [0, 0.05) is 17.6 Å². The summed E-state index contributed by atoms with van der Waals surface area (Å²) in [5.74, 6) is -1.03. The zero-order valence-electron chi connectivity index (χ0n) is 15.7. The minimum Gasteiger partial charge on any atom is -0.319 e. The molecule has 0 unspecified atom stereocenters. The van der Waals surface area contributed by atoms with E-state index in [-0.39, 0.29) is 16.1 Å². The van der Waals surface area contributed by atoms with Gasteiger partial charge in [-0.05, 0) is 67.1 Å². The maximum Gasteiger partial charge on any atom is 0.264 e. The van der Waals surface area contributed by atoms with E-state index in [2.05, 4.69) is 5.32 Å². The van der Waals surface area contributed by atoms with Gasteiger partial charge in [0.25, 0.3) is 15.9 Å². The topological polar surface area (TPSA) is 66.5 Å². The van der Waals surface area contributed by atoms with Crippen LogP contribution in [-0.2, 0) is 10.0 Å². The van der Waals surface area contributed by atoms with E-state index < -0.39 is 21.7 Å². The van der Waals surface area contributed by atoms with Crippen molar-refractivity contribution >= 4 is 38.9 Å². The fraction of sp³-hybridized carbons (Fsp3) is 0.0952. The molecule has 0 spiro atoms. The van der Waals surface area contributed by atoms with E-state index in [1.165, 1.54) is 55.6 Å². The summed E-state index contributed by atoms with van der Waals surface area (Å²) in [6.07, 6.45) is 0. The number of amides is 1. The number of aryl methyl sites for hydroxylation is 1. The molecule has 0 aliphatic heterocycles. The largest absolute Gasteiger partial charge is 0.319 e. The van der Waals surface area contributed by atoms with Crippen LogP contribution >= 0.6 is 11.6 Å². The first-order chi connectivity index (χ1) is 13.7. The Bertz CT molecular complexity index is 1160. The Morgan fingerprint density at radius 3 is 2.31 bits per heavy atom. The molecule has 0 saturated carbocycles. The fourth-order valence-corrected chi connectivity index (χ4v) is 4.19. The lowest BCUT2D eigenvalue weighted by molar-refractivity contribution is 0.102. The Morgan fingerprint density at radius 1 is 1.03 bits per heavy atom.